The number of hydrogen-bond acceptors (Lipinski definition) is 3. The highest BCUT2D eigenvalue weighted by molar-refractivity contribution is 7.80. The van der Waals surface area contributed by atoms with Crippen molar-refractivity contribution in [2.45, 2.75) is 52.7 Å². The van der Waals surface area contributed by atoms with Crippen LogP contribution in [0.2, 0.25) is 0 Å². The van der Waals surface area contributed by atoms with Gasteiger partial charge in [-0.3, -0.25) is 9.97 Å². The number of pyridine rings is 2. The molecule has 3 aromatic heterocycles. The van der Waals surface area contributed by atoms with Crippen molar-refractivity contribution in [3.63, 3.8) is 0 Å². The van der Waals surface area contributed by atoms with Crippen molar-refractivity contribution < 1.29 is 0 Å². The Bertz CT molecular complexity index is 1350. The first kappa shape index (κ1) is 23.2. The van der Waals surface area contributed by atoms with Gasteiger partial charge in [0.25, 0.3) is 0 Å². The molecule has 0 aliphatic carbocycles. The molecule has 0 radical (unpaired) electrons. The molecule has 4 heterocycles. The molecule has 1 aromatic carbocycles. The normalized spacial score (nSPS) is 17.6. The minimum Gasteiger partial charge on any atom is -0.352 e. The van der Waals surface area contributed by atoms with Gasteiger partial charge in [-0.2, -0.15) is 0 Å². The zero-order chi connectivity index (χ0) is 24.5. The fourth-order valence-corrected chi connectivity index (χ4v) is 5.66. The SMILES string of the molecule is CCc1cccc(C)c1-n1c(C)cc([C@H]2[C@@H](c3ccccn3)NC(=S)N2Cc2ccncc2)c1C. The van der Waals surface area contributed by atoms with E-state index in [9.17, 15) is 0 Å². The van der Waals surface area contributed by atoms with Gasteiger partial charge >= 0.3 is 0 Å². The van der Waals surface area contributed by atoms with Gasteiger partial charge in [-0.25, -0.2) is 0 Å². The second-order valence-electron chi connectivity index (χ2n) is 9.21. The summed E-state index contributed by atoms with van der Waals surface area (Å²) in [7, 11) is 0. The lowest BCUT2D eigenvalue weighted by molar-refractivity contribution is 0.310. The number of benzene rings is 1. The second kappa shape index (κ2) is 9.62. The highest BCUT2D eigenvalue weighted by Gasteiger charge is 2.41. The third-order valence-corrected chi connectivity index (χ3v) is 7.37. The van der Waals surface area contributed by atoms with Crippen molar-refractivity contribution in [3.05, 3.63) is 113 Å². The van der Waals surface area contributed by atoms with E-state index in [4.69, 9.17) is 17.2 Å². The van der Waals surface area contributed by atoms with Crippen molar-refractivity contribution >= 4 is 17.3 Å². The molecule has 5 rings (SSSR count). The van der Waals surface area contributed by atoms with Gasteiger partial charge in [0.2, 0.25) is 0 Å². The van der Waals surface area contributed by atoms with Gasteiger partial charge in [-0.15, -0.1) is 0 Å². The molecule has 35 heavy (non-hydrogen) atoms. The number of thiocarbonyl (C=S) groups is 1. The molecule has 178 valence electrons. The zero-order valence-corrected chi connectivity index (χ0v) is 21.5. The number of nitrogens with zero attached hydrogens (tertiary/aromatic N) is 4. The first-order chi connectivity index (χ1) is 17.0. The Morgan fingerprint density at radius 2 is 1.77 bits per heavy atom. The summed E-state index contributed by atoms with van der Waals surface area (Å²) < 4.78 is 2.42. The smallest absolute Gasteiger partial charge is 0.170 e. The molecule has 5 nitrogen and oxygen atoms in total. The summed E-state index contributed by atoms with van der Waals surface area (Å²) in [6.45, 7) is 9.56. The summed E-state index contributed by atoms with van der Waals surface area (Å²) in [6.07, 6.45) is 6.52. The summed E-state index contributed by atoms with van der Waals surface area (Å²) in [5, 5.41) is 4.34. The van der Waals surface area contributed by atoms with Crippen molar-refractivity contribution in [1.29, 1.82) is 0 Å². The highest BCUT2D eigenvalue weighted by Crippen LogP contribution is 2.42. The molecule has 0 saturated carbocycles. The number of aromatic nitrogens is 3. The molecule has 1 aliphatic heterocycles. The van der Waals surface area contributed by atoms with Crippen LogP contribution in [0.5, 0.6) is 0 Å². The first-order valence-corrected chi connectivity index (χ1v) is 12.5. The summed E-state index contributed by atoms with van der Waals surface area (Å²) >= 11 is 5.90. The Balaban J connectivity index is 1.66. The van der Waals surface area contributed by atoms with Gasteiger partial charge in [0.05, 0.1) is 23.5 Å². The van der Waals surface area contributed by atoms with E-state index >= 15 is 0 Å². The van der Waals surface area contributed by atoms with Gasteiger partial charge in [-0.05, 0) is 92.0 Å². The highest BCUT2D eigenvalue weighted by atomic mass is 32.1. The molecule has 0 bridgehead atoms. The second-order valence-corrected chi connectivity index (χ2v) is 9.59. The van der Waals surface area contributed by atoms with Gasteiger partial charge in [0.1, 0.15) is 0 Å². The van der Waals surface area contributed by atoms with E-state index in [1.165, 1.54) is 39.3 Å². The van der Waals surface area contributed by atoms with Crippen molar-refractivity contribution in [2.75, 3.05) is 0 Å². The minimum absolute atomic E-state index is 0.0135. The summed E-state index contributed by atoms with van der Waals surface area (Å²) in [4.78, 5) is 11.2. The zero-order valence-electron chi connectivity index (χ0n) is 20.7. The van der Waals surface area contributed by atoms with E-state index in [1.54, 1.807) is 0 Å². The van der Waals surface area contributed by atoms with Crippen LogP contribution in [0.1, 0.15) is 58.3 Å². The van der Waals surface area contributed by atoms with E-state index in [0.29, 0.717) is 6.54 Å². The standard InChI is InChI=1S/C29H31N5S/c1-5-23-10-8-9-19(2)27(23)34-20(3)17-24(21(34)4)28-26(25-11-6-7-14-31-25)32-29(35)33(28)18-22-12-15-30-16-13-22/h6-17,26,28H,5,18H2,1-4H3,(H,32,35)/t26-,28+/m1/s1. The molecule has 0 amide bonds. The first-order valence-electron chi connectivity index (χ1n) is 12.1. The molecule has 1 fully saturated rings. The lowest BCUT2D eigenvalue weighted by atomic mass is 9.96. The molecule has 4 aromatic rings. The van der Waals surface area contributed by atoms with Crippen LogP contribution in [0, 0.1) is 20.8 Å². The van der Waals surface area contributed by atoms with Crippen LogP contribution in [0.3, 0.4) is 0 Å². The number of hydrogen-bond donors (Lipinski definition) is 1. The molecule has 1 aliphatic rings. The van der Waals surface area contributed by atoms with Crippen molar-refractivity contribution in [1.82, 2.24) is 24.8 Å². The van der Waals surface area contributed by atoms with Crippen LogP contribution < -0.4 is 5.32 Å². The van der Waals surface area contributed by atoms with Gasteiger partial charge in [-0.1, -0.05) is 31.2 Å². The van der Waals surface area contributed by atoms with E-state index < -0.39 is 0 Å². The maximum atomic E-state index is 5.90. The molecular weight excluding hydrogens is 450 g/mol. The third kappa shape index (κ3) is 4.23. The molecule has 6 heteroatoms. The Labute approximate surface area is 212 Å². The van der Waals surface area contributed by atoms with Crippen LogP contribution in [-0.4, -0.2) is 24.5 Å². The van der Waals surface area contributed by atoms with Gasteiger partial charge in [0, 0.05) is 36.5 Å². The minimum atomic E-state index is -0.0398. The Hall–Kier alpha value is -3.51. The summed E-state index contributed by atoms with van der Waals surface area (Å²) in [5.41, 5.74) is 9.83. The topological polar surface area (TPSA) is 46.0 Å². The van der Waals surface area contributed by atoms with E-state index in [1.807, 2.05) is 30.7 Å². The van der Waals surface area contributed by atoms with Crippen LogP contribution in [-0.2, 0) is 13.0 Å². The Morgan fingerprint density at radius 1 is 0.971 bits per heavy atom. The maximum Gasteiger partial charge on any atom is 0.170 e. The molecule has 2 atom stereocenters. The van der Waals surface area contributed by atoms with Crippen molar-refractivity contribution in [2.24, 2.45) is 0 Å². The molecule has 0 unspecified atom stereocenters. The van der Waals surface area contributed by atoms with Crippen LogP contribution in [0.25, 0.3) is 5.69 Å². The fourth-order valence-electron chi connectivity index (χ4n) is 5.36. The summed E-state index contributed by atoms with van der Waals surface area (Å²) in [5.74, 6) is 0. The van der Waals surface area contributed by atoms with Crippen LogP contribution in [0.15, 0.2) is 73.2 Å². The van der Waals surface area contributed by atoms with E-state index in [-0.39, 0.29) is 12.1 Å². The fraction of sp³-hybridized carbons (Fsp3) is 0.276. The predicted molar refractivity (Wildman–Crippen MR) is 145 cm³/mol. The Morgan fingerprint density at radius 3 is 2.49 bits per heavy atom. The van der Waals surface area contributed by atoms with Crippen LogP contribution in [0.4, 0.5) is 0 Å². The van der Waals surface area contributed by atoms with Crippen molar-refractivity contribution in [3.8, 4) is 5.69 Å². The lowest BCUT2D eigenvalue weighted by Crippen LogP contribution is -2.29. The quantitative estimate of drug-likeness (QED) is 0.346. The predicted octanol–water partition coefficient (Wildman–Crippen LogP) is 5.93. The van der Waals surface area contributed by atoms with E-state index in [0.717, 1.165) is 17.2 Å². The molecule has 1 saturated heterocycles. The number of rotatable bonds is 6. The number of para-hydroxylation sites is 1. The average molecular weight is 482 g/mol. The molecular formula is C29H31N5S. The molecule has 1 N–H and O–H groups in total. The average Bonchev–Trinajstić information content (AvgIpc) is 3.35. The van der Waals surface area contributed by atoms with Gasteiger partial charge < -0.3 is 14.8 Å². The largest absolute Gasteiger partial charge is 0.352 e. The summed E-state index contributed by atoms with van der Waals surface area (Å²) in [6, 6.07) is 19.1. The van der Waals surface area contributed by atoms with E-state index in [2.05, 4.69) is 89.9 Å². The molecule has 0 spiro atoms. The van der Waals surface area contributed by atoms with Crippen LogP contribution >= 0.6 is 12.2 Å². The lowest BCUT2D eigenvalue weighted by Gasteiger charge is -2.28. The number of aryl methyl sites for hydroxylation is 3. The van der Waals surface area contributed by atoms with Gasteiger partial charge in [0.15, 0.2) is 5.11 Å². The maximum absolute atomic E-state index is 5.90. The number of nitrogens with one attached hydrogen (secondary N) is 1. The monoisotopic (exact) mass is 481 g/mol. The Kier molecular flexibility index (Phi) is 6.39. The third-order valence-electron chi connectivity index (χ3n) is 7.01.